The van der Waals surface area contributed by atoms with Crippen LogP contribution in [0.25, 0.3) is 0 Å². The Labute approximate surface area is 83.9 Å². The van der Waals surface area contributed by atoms with Gasteiger partial charge in [-0.3, -0.25) is 4.68 Å². The third-order valence-corrected chi connectivity index (χ3v) is 2.64. The van der Waals surface area contributed by atoms with Crippen LogP contribution in [0, 0.1) is 0 Å². The minimum absolute atomic E-state index is 0.390. The van der Waals surface area contributed by atoms with Crippen LogP contribution in [0.1, 0.15) is 12.8 Å². The van der Waals surface area contributed by atoms with Gasteiger partial charge in [0.15, 0.2) is 0 Å². The summed E-state index contributed by atoms with van der Waals surface area (Å²) in [6.45, 7) is 4.27. The standard InChI is InChI=1S/C9H17N5/c10-9-2-6-13(8-9)4-1-5-14-7-3-11-12-14/h3,7,9H,1-2,4-6,8,10H2. The summed E-state index contributed by atoms with van der Waals surface area (Å²) in [6.07, 6.45) is 5.88. The molecule has 2 rings (SSSR count). The highest BCUT2D eigenvalue weighted by Crippen LogP contribution is 2.07. The summed E-state index contributed by atoms with van der Waals surface area (Å²) in [6, 6.07) is 0.390. The Balaban J connectivity index is 1.64. The van der Waals surface area contributed by atoms with Gasteiger partial charge in [-0.25, -0.2) is 0 Å². The molecule has 5 heteroatoms. The van der Waals surface area contributed by atoms with E-state index in [9.17, 15) is 0 Å². The Bertz CT molecular complexity index is 258. The maximum Gasteiger partial charge on any atom is 0.0692 e. The molecule has 0 aliphatic carbocycles. The van der Waals surface area contributed by atoms with Gasteiger partial charge in [0, 0.05) is 25.3 Å². The molecule has 1 fully saturated rings. The van der Waals surface area contributed by atoms with Crippen LogP contribution in [0.4, 0.5) is 0 Å². The lowest BCUT2D eigenvalue weighted by atomic mass is 10.3. The molecule has 5 nitrogen and oxygen atoms in total. The Kier molecular flexibility index (Phi) is 3.10. The van der Waals surface area contributed by atoms with Gasteiger partial charge in [0.25, 0.3) is 0 Å². The first-order chi connectivity index (χ1) is 6.84. The second-order valence-electron chi connectivity index (χ2n) is 3.87. The number of rotatable bonds is 4. The number of aromatic nitrogens is 3. The second kappa shape index (κ2) is 4.52. The van der Waals surface area contributed by atoms with Gasteiger partial charge >= 0.3 is 0 Å². The van der Waals surface area contributed by atoms with E-state index in [0.29, 0.717) is 6.04 Å². The van der Waals surface area contributed by atoms with E-state index in [1.807, 2.05) is 10.9 Å². The van der Waals surface area contributed by atoms with Crippen molar-refractivity contribution in [1.82, 2.24) is 19.9 Å². The number of nitrogens with two attached hydrogens (primary N) is 1. The smallest absolute Gasteiger partial charge is 0.0692 e. The SMILES string of the molecule is NC1CCN(CCCn2ccnn2)C1. The van der Waals surface area contributed by atoms with Gasteiger partial charge in [0.2, 0.25) is 0 Å². The highest BCUT2D eigenvalue weighted by atomic mass is 15.4. The highest BCUT2D eigenvalue weighted by Gasteiger charge is 2.17. The largest absolute Gasteiger partial charge is 0.326 e. The minimum atomic E-state index is 0.390. The summed E-state index contributed by atoms with van der Waals surface area (Å²) < 4.78 is 1.87. The van der Waals surface area contributed by atoms with Crippen molar-refractivity contribution in [3.63, 3.8) is 0 Å². The molecule has 1 aromatic heterocycles. The molecular formula is C9H17N5. The topological polar surface area (TPSA) is 60.0 Å². The molecule has 78 valence electrons. The average molecular weight is 195 g/mol. The van der Waals surface area contributed by atoms with Crippen LogP contribution in [-0.2, 0) is 6.54 Å². The zero-order valence-electron chi connectivity index (χ0n) is 8.34. The van der Waals surface area contributed by atoms with Crippen LogP contribution < -0.4 is 5.73 Å². The van der Waals surface area contributed by atoms with E-state index >= 15 is 0 Å². The maximum atomic E-state index is 5.82. The fourth-order valence-electron chi connectivity index (χ4n) is 1.87. The quantitative estimate of drug-likeness (QED) is 0.716. The number of likely N-dealkylation sites (tertiary alicyclic amines) is 1. The lowest BCUT2D eigenvalue weighted by Crippen LogP contribution is -2.27. The van der Waals surface area contributed by atoms with Crippen LogP contribution >= 0.6 is 0 Å². The van der Waals surface area contributed by atoms with Crippen molar-refractivity contribution in [2.45, 2.75) is 25.4 Å². The summed E-state index contributed by atoms with van der Waals surface area (Å²) in [5.41, 5.74) is 5.82. The van der Waals surface area contributed by atoms with Gasteiger partial charge in [-0.05, 0) is 25.9 Å². The Morgan fingerprint density at radius 2 is 2.36 bits per heavy atom. The molecule has 0 aromatic carbocycles. The highest BCUT2D eigenvalue weighted by molar-refractivity contribution is 4.77. The Morgan fingerprint density at radius 1 is 1.43 bits per heavy atom. The molecule has 0 bridgehead atoms. The first kappa shape index (κ1) is 9.61. The molecule has 1 atom stereocenters. The predicted octanol–water partition coefficient (Wildman–Crippen LogP) is -0.299. The van der Waals surface area contributed by atoms with E-state index in [1.165, 1.54) is 0 Å². The molecular weight excluding hydrogens is 178 g/mol. The zero-order valence-corrected chi connectivity index (χ0v) is 8.34. The average Bonchev–Trinajstić information content (AvgIpc) is 2.77. The van der Waals surface area contributed by atoms with Gasteiger partial charge in [-0.1, -0.05) is 5.21 Å². The summed E-state index contributed by atoms with van der Waals surface area (Å²) in [4.78, 5) is 2.42. The predicted molar refractivity (Wildman–Crippen MR) is 53.7 cm³/mol. The molecule has 1 aliphatic heterocycles. The lowest BCUT2D eigenvalue weighted by Gasteiger charge is -2.14. The molecule has 0 radical (unpaired) electrons. The zero-order chi connectivity index (χ0) is 9.80. The number of hydrogen-bond donors (Lipinski definition) is 1. The van der Waals surface area contributed by atoms with Crippen molar-refractivity contribution in [2.24, 2.45) is 5.73 Å². The molecule has 1 aromatic rings. The van der Waals surface area contributed by atoms with Crippen molar-refractivity contribution in [2.75, 3.05) is 19.6 Å². The van der Waals surface area contributed by atoms with E-state index in [1.54, 1.807) is 6.20 Å². The summed E-state index contributed by atoms with van der Waals surface area (Å²) in [5, 5.41) is 7.68. The monoisotopic (exact) mass is 195 g/mol. The molecule has 14 heavy (non-hydrogen) atoms. The van der Waals surface area contributed by atoms with Crippen molar-refractivity contribution < 1.29 is 0 Å². The van der Waals surface area contributed by atoms with Gasteiger partial charge in [-0.15, -0.1) is 5.10 Å². The molecule has 1 aliphatic rings. The molecule has 2 heterocycles. The van der Waals surface area contributed by atoms with Crippen LogP contribution in [-0.4, -0.2) is 45.6 Å². The first-order valence-electron chi connectivity index (χ1n) is 5.16. The van der Waals surface area contributed by atoms with Crippen molar-refractivity contribution >= 4 is 0 Å². The summed E-state index contributed by atoms with van der Waals surface area (Å²) >= 11 is 0. The van der Waals surface area contributed by atoms with Crippen LogP contribution in [0.3, 0.4) is 0 Å². The fourth-order valence-corrected chi connectivity index (χ4v) is 1.87. The van der Waals surface area contributed by atoms with Gasteiger partial charge in [0.05, 0.1) is 6.20 Å². The molecule has 1 unspecified atom stereocenters. The van der Waals surface area contributed by atoms with E-state index in [2.05, 4.69) is 15.2 Å². The maximum absolute atomic E-state index is 5.82. The number of aryl methyl sites for hydroxylation is 1. The minimum Gasteiger partial charge on any atom is -0.326 e. The van der Waals surface area contributed by atoms with Gasteiger partial charge < -0.3 is 10.6 Å². The molecule has 0 amide bonds. The van der Waals surface area contributed by atoms with Crippen LogP contribution in [0.15, 0.2) is 12.4 Å². The summed E-state index contributed by atoms with van der Waals surface area (Å²) in [7, 11) is 0. The van der Waals surface area contributed by atoms with Crippen LogP contribution in [0.5, 0.6) is 0 Å². The van der Waals surface area contributed by atoms with Crippen molar-refractivity contribution in [3.8, 4) is 0 Å². The van der Waals surface area contributed by atoms with Gasteiger partial charge in [-0.2, -0.15) is 0 Å². The van der Waals surface area contributed by atoms with Crippen molar-refractivity contribution in [3.05, 3.63) is 12.4 Å². The number of nitrogens with zero attached hydrogens (tertiary/aromatic N) is 4. The van der Waals surface area contributed by atoms with Gasteiger partial charge in [0.1, 0.15) is 0 Å². The van der Waals surface area contributed by atoms with Crippen LogP contribution in [0.2, 0.25) is 0 Å². The van der Waals surface area contributed by atoms with E-state index in [4.69, 9.17) is 5.73 Å². The third kappa shape index (κ3) is 2.52. The van der Waals surface area contributed by atoms with E-state index in [0.717, 1.165) is 39.0 Å². The molecule has 1 saturated heterocycles. The molecule has 0 saturated carbocycles. The van der Waals surface area contributed by atoms with Crippen molar-refractivity contribution in [1.29, 1.82) is 0 Å². The normalized spacial score (nSPS) is 23.1. The molecule has 0 spiro atoms. The third-order valence-electron chi connectivity index (χ3n) is 2.64. The summed E-state index contributed by atoms with van der Waals surface area (Å²) in [5.74, 6) is 0. The second-order valence-corrected chi connectivity index (χ2v) is 3.87. The Morgan fingerprint density at radius 3 is 3.00 bits per heavy atom. The van der Waals surface area contributed by atoms with E-state index < -0.39 is 0 Å². The molecule has 2 N–H and O–H groups in total. The Hall–Kier alpha value is -0.940. The lowest BCUT2D eigenvalue weighted by molar-refractivity contribution is 0.317. The fraction of sp³-hybridized carbons (Fsp3) is 0.778. The first-order valence-corrected chi connectivity index (χ1v) is 5.16. The number of hydrogen-bond acceptors (Lipinski definition) is 4. The van der Waals surface area contributed by atoms with E-state index in [-0.39, 0.29) is 0 Å².